The lowest BCUT2D eigenvalue weighted by Gasteiger charge is -2.29. The summed E-state index contributed by atoms with van der Waals surface area (Å²) in [5, 5.41) is 9.42. The number of hydrogen-bond donors (Lipinski definition) is 1. The van der Waals surface area contributed by atoms with Crippen LogP contribution in [0.2, 0.25) is 0 Å². The van der Waals surface area contributed by atoms with E-state index in [1.807, 2.05) is 11.9 Å². The van der Waals surface area contributed by atoms with Crippen LogP contribution in [-0.4, -0.2) is 59.7 Å². The first-order valence-electron chi connectivity index (χ1n) is 5.04. The van der Waals surface area contributed by atoms with Crippen LogP contribution < -0.4 is 0 Å². The molecule has 0 saturated carbocycles. The van der Waals surface area contributed by atoms with Crippen molar-refractivity contribution in [2.24, 2.45) is 0 Å². The molecule has 0 aliphatic carbocycles. The fraction of sp³-hybridized carbons (Fsp3) is 1.00. The van der Waals surface area contributed by atoms with E-state index < -0.39 is 15.8 Å². The van der Waals surface area contributed by atoms with Gasteiger partial charge in [0.05, 0.1) is 6.61 Å². The highest BCUT2D eigenvalue weighted by molar-refractivity contribution is 6.36. The molecule has 1 radical (unpaired) electrons. The van der Waals surface area contributed by atoms with Crippen LogP contribution >= 0.6 is 0 Å². The van der Waals surface area contributed by atoms with Gasteiger partial charge in [0.25, 0.3) is 0 Å². The summed E-state index contributed by atoms with van der Waals surface area (Å²) in [4.78, 5) is 1.87. The molecule has 0 rings (SSSR count). The molecule has 6 heteroatoms. The summed E-state index contributed by atoms with van der Waals surface area (Å²) < 4.78 is 15.5. The Hall–Kier alpha value is 0.0169. The van der Waals surface area contributed by atoms with Crippen molar-refractivity contribution >= 4 is 9.53 Å². The molecule has 0 spiro atoms. The second-order valence-electron chi connectivity index (χ2n) is 3.33. The molecule has 2 unspecified atom stereocenters. The molecule has 2 atom stereocenters. The van der Waals surface area contributed by atoms with Crippen LogP contribution in [0.4, 0.5) is 0 Å². The lowest BCUT2D eigenvalue weighted by Crippen LogP contribution is -2.42. The molecule has 0 aliphatic rings. The predicted molar refractivity (Wildman–Crippen MR) is 59.2 cm³/mol. The number of likely N-dealkylation sites (N-methyl/N-ethyl adjacent to an activating group) is 1. The van der Waals surface area contributed by atoms with Gasteiger partial charge < -0.3 is 18.4 Å². The maximum atomic E-state index is 9.42. The predicted octanol–water partition coefficient (Wildman–Crippen LogP) is 0.329. The van der Waals surface area contributed by atoms with E-state index in [1.165, 1.54) is 0 Å². The van der Waals surface area contributed by atoms with E-state index in [-0.39, 0.29) is 6.04 Å². The molecule has 0 fully saturated rings. The number of aliphatic hydroxyl groups excluding tert-OH is 1. The van der Waals surface area contributed by atoms with Crippen molar-refractivity contribution in [3.63, 3.8) is 0 Å². The Morgan fingerprint density at radius 3 is 2.20 bits per heavy atom. The molecule has 0 aromatic rings. The van der Waals surface area contributed by atoms with Crippen molar-refractivity contribution in [2.75, 3.05) is 27.9 Å². The standard InChI is InChI=1S/C9H22NO4Si/c1-6-9(10(3)8(2)11)7-14-15(12-4)13-5/h8-9,11H,6-7H2,1-5H3. The smallest absolute Gasteiger partial charge is 0.379 e. The van der Waals surface area contributed by atoms with E-state index in [2.05, 4.69) is 6.92 Å². The first-order valence-corrected chi connectivity index (χ1v) is 6.27. The van der Waals surface area contributed by atoms with Crippen LogP contribution in [0.25, 0.3) is 0 Å². The van der Waals surface area contributed by atoms with E-state index in [1.54, 1.807) is 21.1 Å². The van der Waals surface area contributed by atoms with Crippen LogP contribution in [0.5, 0.6) is 0 Å². The normalized spacial score (nSPS) is 16.0. The lowest BCUT2D eigenvalue weighted by atomic mass is 10.2. The average molecular weight is 236 g/mol. The minimum atomic E-state index is -1.59. The zero-order chi connectivity index (χ0) is 11.8. The van der Waals surface area contributed by atoms with Crippen molar-refractivity contribution in [2.45, 2.75) is 32.5 Å². The van der Waals surface area contributed by atoms with Crippen LogP contribution in [0, 0.1) is 0 Å². The summed E-state index contributed by atoms with van der Waals surface area (Å²) in [6, 6.07) is 0.176. The maximum absolute atomic E-state index is 9.42. The third kappa shape index (κ3) is 5.60. The molecular formula is C9H22NO4Si. The van der Waals surface area contributed by atoms with Gasteiger partial charge in [-0.25, -0.2) is 0 Å². The van der Waals surface area contributed by atoms with Gasteiger partial charge >= 0.3 is 9.53 Å². The van der Waals surface area contributed by atoms with Crippen LogP contribution in [0.3, 0.4) is 0 Å². The Morgan fingerprint density at radius 1 is 1.33 bits per heavy atom. The van der Waals surface area contributed by atoms with Gasteiger partial charge in [-0.1, -0.05) is 6.92 Å². The fourth-order valence-corrected chi connectivity index (χ4v) is 1.92. The van der Waals surface area contributed by atoms with Gasteiger partial charge in [-0.2, -0.15) is 0 Å². The van der Waals surface area contributed by atoms with E-state index in [0.717, 1.165) is 6.42 Å². The molecular weight excluding hydrogens is 214 g/mol. The number of nitrogens with zero attached hydrogens (tertiary/aromatic N) is 1. The average Bonchev–Trinajstić information content (AvgIpc) is 2.24. The van der Waals surface area contributed by atoms with Gasteiger partial charge in [0.1, 0.15) is 6.23 Å². The minimum Gasteiger partial charge on any atom is -0.379 e. The third-order valence-corrected chi connectivity index (χ3v) is 3.43. The molecule has 0 aromatic heterocycles. The van der Waals surface area contributed by atoms with Crippen molar-refractivity contribution in [1.82, 2.24) is 4.90 Å². The van der Waals surface area contributed by atoms with E-state index in [4.69, 9.17) is 13.3 Å². The minimum absolute atomic E-state index is 0.176. The van der Waals surface area contributed by atoms with Crippen molar-refractivity contribution in [3.05, 3.63) is 0 Å². The molecule has 0 heterocycles. The summed E-state index contributed by atoms with van der Waals surface area (Å²) >= 11 is 0. The van der Waals surface area contributed by atoms with Crippen LogP contribution in [0.1, 0.15) is 20.3 Å². The van der Waals surface area contributed by atoms with Gasteiger partial charge in [-0.15, -0.1) is 0 Å². The van der Waals surface area contributed by atoms with Crippen molar-refractivity contribution in [3.8, 4) is 0 Å². The Morgan fingerprint density at radius 2 is 1.87 bits per heavy atom. The highest BCUT2D eigenvalue weighted by Crippen LogP contribution is 2.06. The number of hydrogen-bond acceptors (Lipinski definition) is 5. The Labute approximate surface area is 93.9 Å². The molecule has 15 heavy (non-hydrogen) atoms. The van der Waals surface area contributed by atoms with Gasteiger partial charge in [-0.3, -0.25) is 4.90 Å². The van der Waals surface area contributed by atoms with Crippen LogP contribution in [0.15, 0.2) is 0 Å². The molecule has 0 aliphatic heterocycles. The molecule has 0 saturated heterocycles. The largest absolute Gasteiger partial charge is 0.577 e. The van der Waals surface area contributed by atoms with Crippen molar-refractivity contribution in [1.29, 1.82) is 0 Å². The molecule has 91 valence electrons. The van der Waals surface area contributed by atoms with E-state index >= 15 is 0 Å². The second-order valence-corrected chi connectivity index (χ2v) is 4.93. The summed E-state index contributed by atoms with van der Waals surface area (Å²) in [6.07, 6.45) is 0.434. The Balaban J connectivity index is 3.99. The highest BCUT2D eigenvalue weighted by Gasteiger charge is 2.21. The quantitative estimate of drug-likeness (QED) is 0.486. The summed E-state index contributed by atoms with van der Waals surface area (Å²) in [5.41, 5.74) is 0. The van der Waals surface area contributed by atoms with Gasteiger partial charge in [0, 0.05) is 20.3 Å². The third-order valence-electron chi connectivity index (χ3n) is 2.36. The first-order chi connectivity index (χ1) is 7.06. The van der Waals surface area contributed by atoms with Crippen molar-refractivity contribution < 1.29 is 18.4 Å². The molecule has 0 bridgehead atoms. The fourth-order valence-electron chi connectivity index (χ4n) is 1.19. The van der Waals surface area contributed by atoms with Crippen LogP contribution in [-0.2, 0) is 13.3 Å². The monoisotopic (exact) mass is 236 g/mol. The molecule has 1 N–H and O–H groups in total. The van der Waals surface area contributed by atoms with Gasteiger partial charge in [-0.05, 0) is 20.4 Å². The molecule has 5 nitrogen and oxygen atoms in total. The molecule has 0 aromatic carbocycles. The zero-order valence-corrected chi connectivity index (χ0v) is 11.2. The lowest BCUT2D eigenvalue weighted by molar-refractivity contribution is -0.0136. The Kier molecular flexibility index (Phi) is 8.21. The number of aliphatic hydroxyl groups is 1. The SMILES string of the molecule is CCC(CO[Si](OC)OC)N(C)C(C)O. The first kappa shape index (κ1) is 15.0. The van der Waals surface area contributed by atoms with Gasteiger partial charge in [0.15, 0.2) is 0 Å². The van der Waals surface area contributed by atoms with Gasteiger partial charge in [0.2, 0.25) is 0 Å². The number of rotatable bonds is 8. The zero-order valence-electron chi connectivity index (χ0n) is 10.2. The van der Waals surface area contributed by atoms with E-state index in [9.17, 15) is 5.11 Å². The summed E-state index contributed by atoms with van der Waals surface area (Å²) in [6.45, 7) is 4.30. The maximum Gasteiger partial charge on any atom is 0.577 e. The Bertz CT molecular complexity index is 155. The van der Waals surface area contributed by atoms with E-state index in [0.29, 0.717) is 6.61 Å². The summed E-state index contributed by atoms with van der Waals surface area (Å²) in [5.74, 6) is 0. The topological polar surface area (TPSA) is 51.2 Å². The summed E-state index contributed by atoms with van der Waals surface area (Å²) in [7, 11) is 3.41. The molecule has 0 amide bonds. The second kappa shape index (κ2) is 8.20. The highest BCUT2D eigenvalue weighted by atomic mass is 28.3.